The molecule has 2 aliphatic rings. The number of ether oxygens (including phenoxy) is 2. The van der Waals surface area contributed by atoms with E-state index in [0.717, 1.165) is 38.5 Å². The number of benzene rings is 1. The van der Waals surface area contributed by atoms with Crippen LogP contribution in [0.15, 0.2) is 52.8 Å². The Morgan fingerprint density at radius 3 is 2.36 bits per heavy atom. The first kappa shape index (κ1) is 24.7. The van der Waals surface area contributed by atoms with E-state index in [1.165, 1.54) is 11.3 Å². The van der Waals surface area contributed by atoms with E-state index in [9.17, 15) is 22.8 Å². The number of pyridine rings is 1. The van der Waals surface area contributed by atoms with Gasteiger partial charge in [-0.1, -0.05) is 24.3 Å². The van der Waals surface area contributed by atoms with Gasteiger partial charge >= 0.3 is 6.18 Å². The normalized spacial score (nSPS) is 17.6. The minimum Gasteiger partial charge on any atom is -0.342 e. The van der Waals surface area contributed by atoms with Crippen LogP contribution in [0.2, 0.25) is 0 Å². The van der Waals surface area contributed by atoms with Gasteiger partial charge in [0.15, 0.2) is 0 Å². The highest BCUT2D eigenvalue weighted by atomic mass is 32.1. The topological polar surface area (TPSA) is 73.7 Å². The largest absolute Gasteiger partial charge is 0.417 e. The third-order valence-electron chi connectivity index (χ3n) is 6.49. The summed E-state index contributed by atoms with van der Waals surface area (Å²) in [5.74, 6) is -0.221. The lowest BCUT2D eigenvalue weighted by molar-refractivity contribution is -0.155. The van der Waals surface area contributed by atoms with Gasteiger partial charge in [0.05, 0.1) is 23.8 Å². The molecule has 11 heteroatoms. The van der Waals surface area contributed by atoms with Crippen molar-refractivity contribution in [2.45, 2.75) is 51.0 Å². The maximum absolute atomic E-state index is 13.0. The Morgan fingerprint density at radius 1 is 1.06 bits per heavy atom. The molecule has 0 bridgehead atoms. The lowest BCUT2D eigenvalue weighted by Gasteiger charge is -2.31. The molecule has 0 spiro atoms. The maximum atomic E-state index is 13.0. The van der Waals surface area contributed by atoms with Crippen molar-refractivity contribution in [2.75, 3.05) is 13.1 Å². The number of hydrogen-bond donors (Lipinski definition) is 0. The number of nitrogens with zero attached hydrogens (tertiary/aromatic N) is 3. The molecule has 1 aromatic carbocycles. The lowest BCUT2D eigenvalue weighted by Crippen LogP contribution is -2.41. The van der Waals surface area contributed by atoms with Gasteiger partial charge in [-0.15, -0.1) is 11.3 Å². The van der Waals surface area contributed by atoms with Gasteiger partial charge in [-0.25, -0.2) is 4.98 Å². The van der Waals surface area contributed by atoms with Crippen LogP contribution in [0.5, 0.6) is 0 Å². The zero-order valence-corrected chi connectivity index (χ0v) is 20.1. The molecular formula is C25H24F3N3O4S. The third-order valence-corrected chi connectivity index (χ3v) is 7.52. The molecule has 0 radical (unpaired) electrons. The predicted octanol–water partition coefficient (Wildman–Crippen LogP) is 4.48. The summed E-state index contributed by atoms with van der Waals surface area (Å²) >= 11 is 1.53. The van der Waals surface area contributed by atoms with Crippen molar-refractivity contribution in [3.8, 4) is 0 Å². The number of aromatic nitrogens is 2. The van der Waals surface area contributed by atoms with Crippen LogP contribution in [0.1, 0.15) is 52.4 Å². The zero-order valence-electron chi connectivity index (χ0n) is 19.2. The van der Waals surface area contributed by atoms with E-state index in [1.54, 1.807) is 4.90 Å². The molecule has 7 nitrogen and oxygen atoms in total. The van der Waals surface area contributed by atoms with Gasteiger partial charge in [0.25, 0.3) is 5.56 Å². The van der Waals surface area contributed by atoms with Crippen molar-refractivity contribution < 1.29 is 27.4 Å². The molecule has 4 heterocycles. The maximum Gasteiger partial charge on any atom is 0.417 e. The second-order valence-corrected chi connectivity index (χ2v) is 9.76. The summed E-state index contributed by atoms with van der Waals surface area (Å²) in [6.07, 6.45) is -3.09. The van der Waals surface area contributed by atoms with E-state index in [2.05, 4.69) is 0 Å². The Morgan fingerprint density at radius 2 is 1.72 bits per heavy atom. The molecule has 0 aliphatic carbocycles. The number of carbonyl (C=O) groups excluding carboxylic acids is 1. The average Bonchev–Trinajstić information content (AvgIpc) is 3.25. The zero-order chi connectivity index (χ0) is 25.3. The van der Waals surface area contributed by atoms with Crippen LogP contribution in [0.25, 0.3) is 0 Å². The number of fused-ring (bicyclic) bond motifs is 1. The number of halogens is 3. The Kier molecular flexibility index (Phi) is 6.96. The molecule has 1 saturated heterocycles. The van der Waals surface area contributed by atoms with Crippen molar-refractivity contribution in [3.05, 3.63) is 85.7 Å². The van der Waals surface area contributed by atoms with Crippen molar-refractivity contribution >= 4 is 17.2 Å². The van der Waals surface area contributed by atoms with Crippen LogP contribution in [-0.2, 0) is 40.2 Å². The first-order chi connectivity index (χ1) is 17.3. The molecule has 0 atom stereocenters. The number of amides is 1. The van der Waals surface area contributed by atoms with Crippen LogP contribution in [0, 0.1) is 0 Å². The van der Waals surface area contributed by atoms with Crippen molar-refractivity contribution in [2.24, 2.45) is 0 Å². The molecule has 1 fully saturated rings. The number of rotatable bonds is 4. The third kappa shape index (κ3) is 5.37. The summed E-state index contributed by atoms with van der Waals surface area (Å²) in [6.45, 7) is 1.36. The van der Waals surface area contributed by atoms with Crippen molar-refractivity contribution in [1.29, 1.82) is 0 Å². The first-order valence-electron chi connectivity index (χ1n) is 11.6. The van der Waals surface area contributed by atoms with Crippen LogP contribution in [0.4, 0.5) is 13.2 Å². The summed E-state index contributed by atoms with van der Waals surface area (Å²) in [6, 6.07) is 9.54. The SMILES string of the molecule is O=C(Cn1cc(C(F)(F)F)ccc1=O)N1CCC(c2nc(C3OCc4ccccc4CO3)cs2)CC1. The molecular weight excluding hydrogens is 495 g/mol. The first-order valence-corrected chi connectivity index (χ1v) is 12.5. The molecule has 0 N–H and O–H groups in total. The van der Waals surface area contributed by atoms with Gasteiger partial charge in [-0.3, -0.25) is 9.59 Å². The molecule has 36 heavy (non-hydrogen) atoms. The van der Waals surface area contributed by atoms with E-state index in [1.807, 2.05) is 29.6 Å². The van der Waals surface area contributed by atoms with E-state index >= 15 is 0 Å². The average molecular weight is 520 g/mol. The predicted molar refractivity (Wildman–Crippen MR) is 125 cm³/mol. The van der Waals surface area contributed by atoms with Gasteiger partial charge in [-0.05, 0) is 30.0 Å². The van der Waals surface area contributed by atoms with Gasteiger partial charge < -0.3 is 18.9 Å². The summed E-state index contributed by atoms with van der Waals surface area (Å²) < 4.78 is 51.6. The van der Waals surface area contributed by atoms with Gasteiger partial charge in [-0.2, -0.15) is 13.2 Å². The minimum atomic E-state index is -4.58. The second-order valence-electron chi connectivity index (χ2n) is 8.87. The summed E-state index contributed by atoms with van der Waals surface area (Å²) in [5, 5.41) is 2.88. The standard InChI is InChI=1S/C25H24F3N3O4S/c26-25(27,28)19-5-6-21(32)31(11-19)12-22(33)30-9-7-16(8-10-30)23-29-20(15-36-23)24-34-13-17-3-1-2-4-18(17)14-35-24/h1-6,11,15-16,24H,7-10,12-14H2. The van der Waals surface area contributed by atoms with Crippen molar-refractivity contribution in [1.82, 2.24) is 14.5 Å². The second kappa shape index (κ2) is 10.2. The van der Waals surface area contributed by atoms with Crippen LogP contribution >= 0.6 is 11.3 Å². The summed E-state index contributed by atoms with van der Waals surface area (Å²) in [5.41, 5.74) is 1.32. The monoisotopic (exact) mass is 519 g/mol. The fourth-order valence-corrected chi connectivity index (χ4v) is 5.42. The highest BCUT2D eigenvalue weighted by Crippen LogP contribution is 2.34. The minimum absolute atomic E-state index is 0.159. The number of thiazole rings is 1. The smallest absolute Gasteiger partial charge is 0.342 e. The molecule has 1 amide bonds. The highest BCUT2D eigenvalue weighted by molar-refractivity contribution is 7.09. The van der Waals surface area contributed by atoms with Crippen LogP contribution in [-0.4, -0.2) is 33.4 Å². The Bertz CT molecular complexity index is 1270. The van der Waals surface area contributed by atoms with E-state index in [4.69, 9.17) is 14.5 Å². The number of piperidine rings is 1. The Hall–Kier alpha value is -3.02. The molecule has 2 aliphatic heterocycles. The Labute approximate surface area is 209 Å². The van der Waals surface area contributed by atoms with E-state index in [0.29, 0.717) is 45.3 Å². The molecule has 0 saturated carbocycles. The summed E-state index contributed by atoms with van der Waals surface area (Å²) in [4.78, 5) is 31.0. The molecule has 3 aromatic rings. The Balaban J connectivity index is 1.17. The number of alkyl halides is 3. The number of likely N-dealkylation sites (tertiary alicyclic amines) is 1. The fourth-order valence-electron chi connectivity index (χ4n) is 4.43. The van der Waals surface area contributed by atoms with E-state index < -0.39 is 30.1 Å². The molecule has 5 rings (SSSR count). The van der Waals surface area contributed by atoms with Gasteiger partial charge in [0, 0.05) is 36.7 Å². The van der Waals surface area contributed by atoms with Crippen molar-refractivity contribution in [3.63, 3.8) is 0 Å². The lowest BCUT2D eigenvalue weighted by atomic mass is 9.97. The fraction of sp³-hybridized carbons (Fsp3) is 0.400. The van der Waals surface area contributed by atoms with E-state index in [-0.39, 0.29) is 11.8 Å². The molecule has 0 unspecified atom stereocenters. The van der Waals surface area contributed by atoms with Gasteiger partial charge in [0.2, 0.25) is 12.2 Å². The number of hydrogen-bond acceptors (Lipinski definition) is 6. The molecule has 2 aromatic heterocycles. The molecule has 190 valence electrons. The number of carbonyl (C=O) groups is 1. The highest BCUT2D eigenvalue weighted by Gasteiger charge is 2.32. The summed E-state index contributed by atoms with van der Waals surface area (Å²) in [7, 11) is 0. The van der Waals surface area contributed by atoms with Crippen LogP contribution in [0.3, 0.4) is 0 Å². The van der Waals surface area contributed by atoms with Gasteiger partial charge in [0.1, 0.15) is 12.2 Å². The van der Waals surface area contributed by atoms with Crippen LogP contribution < -0.4 is 5.56 Å². The quantitative estimate of drug-likeness (QED) is 0.509.